The summed E-state index contributed by atoms with van der Waals surface area (Å²) in [5, 5.41) is 13.3. The average molecular weight is 287 g/mol. The molecule has 1 fully saturated rings. The first-order chi connectivity index (χ1) is 10.1. The predicted octanol–water partition coefficient (Wildman–Crippen LogP) is 2.98. The number of nitrogens with one attached hydrogen (secondary N) is 1. The van der Waals surface area contributed by atoms with Gasteiger partial charge in [-0.1, -0.05) is 56.9 Å². The summed E-state index contributed by atoms with van der Waals surface area (Å²) in [6, 6.07) is 7.76. The number of benzene rings is 1. The Bertz CT molecular complexity index is 508. The molecule has 0 saturated heterocycles. The molecule has 0 radical (unpaired) electrons. The summed E-state index contributed by atoms with van der Waals surface area (Å²) in [6.45, 7) is 2.01. The van der Waals surface area contributed by atoms with E-state index in [0.717, 1.165) is 17.5 Å². The third-order valence-electron chi connectivity index (χ3n) is 5.11. The molecule has 0 aromatic heterocycles. The van der Waals surface area contributed by atoms with Gasteiger partial charge in [-0.25, -0.2) is 0 Å². The molecule has 21 heavy (non-hydrogen) atoms. The van der Waals surface area contributed by atoms with Gasteiger partial charge in [-0.15, -0.1) is 0 Å². The molecule has 1 aromatic carbocycles. The molecule has 2 aliphatic rings. The zero-order chi connectivity index (χ0) is 14.8. The lowest BCUT2D eigenvalue weighted by atomic mass is 9.93. The quantitative estimate of drug-likeness (QED) is 0.894. The largest absolute Gasteiger partial charge is 0.390 e. The Kier molecular flexibility index (Phi) is 4.29. The van der Waals surface area contributed by atoms with E-state index in [4.69, 9.17) is 0 Å². The number of carbonyl (C=O) groups excluding carboxylic acids is 1. The minimum absolute atomic E-state index is 0.0352. The predicted molar refractivity (Wildman–Crippen MR) is 82.8 cm³/mol. The van der Waals surface area contributed by atoms with Crippen LogP contribution >= 0.6 is 0 Å². The number of carbonyl (C=O) groups is 1. The fourth-order valence-corrected chi connectivity index (χ4v) is 3.90. The minimum Gasteiger partial charge on any atom is -0.390 e. The Hall–Kier alpha value is -1.35. The number of amides is 1. The number of fused-ring (bicyclic) bond motifs is 1. The fraction of sp³-hybridized carbons (Fsp3) is 0.611. The van der Waals surface area contributed by atoms with Crippen molar-refractivity contribution in [2.45, 2.75) is 57.6 Å². The highest BCUT2D eigenvalue weighted by Gasteiger charge is 2.33. The van der Waals surface area contributed by atoms with E-state index in [-0.39, 0.29) is 17.9 Å². The molecule has 3 atom stereocenters. The van der Waals surface area contributed by atoms with E-state index >= 15 is 0 Å². The van der Waals surface area contributed by atoms with Gasteiger partial charge in [0.05, 0.1) is 12.1 Å². The molecule has 2 aliphatic carbocycles. The van der Waals surface area contributed by atoms with Crippen molar-refractivity contribution >= 4 is 5.91 Å². The zero-order valence-electron chi connectivity index (χ0n) is 12.7. The molecule has 1 saturated carbocycles. The van der Waals surface area contributed by atoms with E-state index in [9.17, 15) is 9.90 Å². The summed E-state index contributed by atoms with van der Waals surface area (Å²) in [4.78, 5) is 12.4. The van der Waals surface area contributed by atoms with Gasteiger partial charge in [0.15, 0.2) is 0 Å². The second-order valence-electron chi connectivity index (χ2n) is 6.74. The Morgan fingerprint density at radius 3 is 2.81 bits per heavy atom. The van der Waals surface area contributed by atoms with Gasteiger partial charge in [0.25, 0.3) is 0 Å². The number of hydrogen-bond donors (Lipinski definition) is 2. The first-order valence-corrected chi connectivity index (χ1v) is 8.21. The molecule has 0 aliphatic heterocycles. The van der Waals surface area contributed by atoms with Crippen LogP contribution in [0.5, 0.6) is 0 Å². The SMILES string of the molecule is CC(CC1CCCC1)C(=O)NC1c2ccccc2CC1O. The molecule has 1 amide bonds. The maximum absolute atomic E-state index is 12.4. The standard InChI is InChI=1S/C18H25NO2/c1-12(10-13-6-2-3-7-13)18(21)19-17-15-9-5-4-8-14(15)11-16(17)20/h4-5,8-9,12-13,16-17,20H,2-3,6-7,10-11H2,1H3,(H,19,21). The molecule has 0 heterocycles. The van der Waals surface area contributed by atoms with Crippen LogP contribution in [0, 0.1) is 11.8 Å². The third kappa shape index (κ3) is 3.13. The lowest BCUT2D eigenvalue weighted by molar-refractivity contribution is -0.126. The van der Waals surface area contributed by atoms with E-state index in [1.807, 2.05) is 31.2 Å². The van der Waals surface area contributed by atoms with E-state index in [2.05, 4.69) is 5.32 Å². The number of hydrogen-bond acceptors (Lipinski definition) is 2. The van der Waals surface area contributed by atoms with Crippen molar-refractivity contribution in [2.24, 2.45) is 11.8 Å². The molecule has 3 rings (SSSR count). The second-order valence-corrected chi connectivity index (χ2v) is 6.74. The summed E-state index contributed by atoms with van der Waals surface area (Å²) < 4.78 is 0. The molecule has 3 nitrogen and oxygen atoms in total. The molecule has 114 valence electrons. The van der Waals surface area contributed by atoms with Crippen molar-refractivity contribution in [2.75, 3.05) is 0 Å². The van der Waals surface area contributed by atoms with Crippen LogP contribution in [0.2, 0.25) is 0 Å². The summed E-state index contributed by atoms with van der Waals surface area (Å²) in [7, 11) is 0. The highest BCUT2D eigenvalue weighted by atomic mass is 16.3. The Labute approximate surface area is 126 Å². The molecular formula is C18H25NO2. The monoisotopic (exact) mass is 287 g/mol. The van der Waals surface area contributed by atoms with Crippen molar-refractivity contribution in [3.63, 3.8) is 0 Å². The van der Waals surface area contributed by atoms with Crippen LogP contribution in [0.3, 0.4) is 0 Å². The van der Waals surface area contributed by atoms with E-state index in [1.54, 1.807) is 0 Å². The maximum atomic E-state index is 12.4. The number of rotatable bonds is 4. The zero-order valence-corrected chi connectivity index (χ0v) is 12.7. The van der Waals surface area contributed by atoms with Crippen molar-refractivity contribution in [1.29, 1.82) is 0 Å². The second kappa shape index (κ2) is 6.18. The van der Waals surface area contributed by atoms with E-state index in [0.29, 0.717) is 12.3 Å². The lowest BCUT2D eigenvalue weighted by Crippen LogP contribution is -2.37. The summed E-state index contributed by atoms with van der Waals surface area (Å²) >= 11 is 0. The molecule has 2 N–H and O–H groups in total. The lowest BCUT2D eigenvalue weighted by Gasteiger charge is -2.22. The van der Waals surface area contributed by atoms with Crippen LogP contribution in [-0.2, 0) is 11.2 Å². The highest BCUT2D eigenvalue weighted by molar-refractivity contribution is 5.79. The molecular weight excluding hydrogens is 262 g/mol. The van der Waals surface area contributed by atoms with Gasteiger partial charge < -0.3 is 10.4 Å². The minimum atomic E-state index is -0.495. The van der Waals surface area contributed by atoms with Crippen molar-refractivity contribution in [3.8, 4) is 0 Å². The van der Waals surface area contributed by atoms with Crippen LogP contribution in [0.4, 0.5) is 0 Å². The fourth-order valence-electron chi connectivity index (χ4n) is 3.90. The van der Waals surface area contributed by atoms with Crippen LogP contribution in [-0.4, -0.2) is 17.1 Å². The Morgan fingerprint density at radius 2 is 2.05 bits per heavy atom. The molecule has 0 spiro atoms. The van der Waals surface area contributed by atoms with Crippen molar-refractivity contribution in [1.82, 2.24) is 5.32 Å². The van der Waals surface area contributed by atoms with Crippen molar-refractivity contribution in [3.05, 3.63) is 35.4 Å². The normalized spacial score (nSPS) is 26.6. The third-order valence-corrected chi connectivity index (χ3v) is 5.11. The molecule has 3 heteroatoms. The summed E-state index contributed by atoms with van der Waals surface area (Å²) in [5.41, 5.74) is 2.23. The van der Waals surface area contributed by atoms with E-state index < -0.39 is 6.10 Å². The van der Waals surface area contributed by atoms with Gasteiger partial charge in [-0.05, 0) is 23.5 Å². The van der Waals surface area contributed by atoms with Crippen LogP contribution < -0.4 is 5.32 Å². The average Bonchev–Trinajstić information content (AvgIpc) is 3.07. The summed E-state index contributed by atoms with van der Waals surface area (Å²) in [5.74, 6) is 0.835. The van der Waals surface area contributed by atoms with Gasteiger partial charge in [0.2, 0.25) is 5.91 Å². The van der Waals surface area contributed by atoms with Gasteiger partial charge in [-0.3, -0.25) is 4.79 Å². The van der Waals surface area contributed by atoms with Crippen LogP contribution in [0.25, 0.3) is 0 Å². The van der Waals surface area contributed by atoms with Gasteiger partial charge in [0, 0.05) is 12.3 Å². The smallest absolute Gasteiger partial charge is 0.223 e. The van der Waals surface area contributed by atoms with E-state index in [1.165, 1.54) is 25.7 Å². The number of aliphatic hydroxyl groups is 1. The van der Waals surface area contributed by atoms with Crippen LogP contribution in [0.1, 0.15) is 56.2 Å². The highest BCUT2D eigenvalue weighted by Crippen LogP contribution is 2.33. The molecule has 3 unspecified atom stereocenters. The molecule has 0 bridgehead atoms. The summed E-state index contributed by atoms with van der Waals surface area (Å²) in [6.07, 6.45) is 6.29. The topological polar surface area (TPSA) is 49.3 Å². The van der Waals surface area contributed by atoms with Gasteiger partial charge in [-0.2, -0.15) is 0 Å². The number of aliphatic hydroxyl groups excluding tert-OH is 1. The Morgan fingerprint density at radius 1 is 1.33 bits per heavy atom. The van der Waals surface area contributed by atoms with Crippen LogP contribution in [0.15, 0.2) is 24.3 Å². The molecule has 1 aromatic rings. The first-order valence-electron chi connectivity index (χ1n) is 8.21. The maximum Gasteiger partial charge on any atom is 0.223 e. The van der Waals surface area contributed by atoms with Crippen molar-refractivity contribution < 1.29 is 9.90 Å². The van der Waals surface area contributed by atoms with Gasteiger partial charge >= 0.3 is 0 Å². The Balaban J connectivity index is 1.61. The van der Waals surface area contributed by atoms with Gasteiger partial charge in [0.1, 0.15) is 0 Å². The first kappa shape index (κ1) is 14.6.